The van der Waals surface area contributed by atoms with Crippen LogP contribution >= 0.6 is 0 Å². The highest BCUT2D eigenvalue weighted by Gasteiger charge is 2.31. The molecule has 6 heteroatoms. The molecule has 1 aromatic carbocycles. The van der Waals surface area contributed by atoms with Crippen LogP contribution in [0.1, 0.15) is 26.7 Å². The molecule has 1 heterocycles. The smallest absolute Gasteiger partial charge is 0.414 e. The van der Waals surface area contributed by atoms with Crippen molar-refractivity contribution in [2.75, 3.05) is 29.4 Å². The minimum Gasteiger partial charge on any atom is -0.443 e. The van der Waals surface area contributed by atoms with E-state index in [0.717, 1.165) is 17.8 Å². The van der Waals surface area contributed by atoms with Gasteiger partial charge in [-0.15, -0.1) is 0 Å². The van der Waals surface area contributed by atoms with E-state index in [-0.39, 0.29) is 18.1 Å². The Labute approximate surface area is 130 Å². The molecule has 0 radical (unpaired) electrons. The third-order valence-corrected chi connectivity index (χ3v) is 3.66. The second kappa shape index (κ2) is 7.26. The Balaban J connectivity index is 2.15. The largest absolute Gasteiger partial charge is 0.443 e. The first kappa shape index (κ1) is 16.3. The molecule has 1 aromatic rings. The number of carbonyl (C=O) groups excluding carboxylic acids is 2. The minimum absolute atomic E-state index is 0.0957. The predicted octanol–water partition coefficient (Wildman–Crippen LogP) is 2.12. The molecule has 22 heavy (non-hydrogen) atoms. The summed E-state index contributed by atoms with van der Waals surface area (Å²) >= 11 is 0. The standard InChI is InChI=1S/C16H23N3O3/c1-3-9-18(15(20)4-2)12-5-7-13(8-6-12)19-11-14(10-17)22-16(19)21/h5-8,14H,3-4,9-11,17H2,1-2H3/t14-/m0/s1. The summed E-state index contributed by atoms with van der Waals surface area (Å²) in [6, 6.07) is 7.39. The normalized spacial score (nSPS) is 17.5. The van der Waals surface area contributed by atoms with Gasteiger partial charge in [-0.2, -0.15) is 0 Å². The molecule has 1 aliphatic heterocycles. The molecule has 2 rings (SSSR count). The topological polar surface area (TPSA) is 75.9 Å². The third-order valence-electron chi connectivity index (χ3n) is 3.66. The number of benzene rings is 1. The molecule has 1 saturated heterocycles. The van der Waals surface area contributed by atoms with Gasteiger partial charge in [0.15, 0.2) is 0 Å². The fourth-order valence-corrected chi connectivity index (χ4v) is 2.48. The summed E-state index contributed by atoms with van der Waals surface area (Å²) in [4.78, 5) is 27.1. The highest BCUT2D eigenvalue weighted by Crippen LogP contribution is 2.25. The van der Waals surface area contributed by atoms with Gasteiger partial charge in [-0.25, -0.2) is 4.79 Å². The zero-order valence-corrected chi connectivity index (χ0v) is 13.1. The van der Waals surface area contributed by atoms with E-state index < -0.39 is 0 Å². The van der Waals surface area contributed by atoms with Gasteiger partial charge >= 0.3 is 6.09 Å². The Morgan fingerprint density at radius 1 is 1.36 bits per heavy atom. The summed E-state index contributed by atoms with van der Waals surface area (Å²) in [6.07, 6.45) is 0.728. The van der Waals surface area contributed by atoms with Crippen molar-refractivity contribution in [1.82, 2.24) is 0 Å². The van der Waals surface area contributed by atoms with Gasteiger partial charge in [-0.05, 0) is 30.7 Å². The summed E-state index contributed by atoms with van der Waals surface area (Å²) in [5, 5.41) is 0. The van der Waals surface area contributed by atoms with Crippen molar-refractivity contribution >= 4 is 23.4 Å². The van der Waals surface area contributed by atoms with Crippen molar-refractivity contribution in [1.29, 1.82) is 0 Å². The van der Waals surface area contributed by atoms with E-state index in [1.807, 2.05) is 38.1 Å². The number of cyclic esters (lactones) is 1. The first-order valence-corrected chi connectivity index (χ1v) is 7.69. The first-order chi connectivity index (χ1) is 10.6. The lowest BCUT2D eigenvalue weighted by Crippen LogP contribution is -2.31. The molecule has 0 saturated carbocycles. The number of hydrogen-bond donors (Lipinski definition) is 1. The lowest BCUT2D eigenvalue weighted by molar-refractivity contribution is -0.118. The van der Waals surface area contributed by atoms with Crippen LogP contribution in [0.2, 0.25) is 0 Å². The number of rotatable bonds is 6. The molecule has 0 spiro atoms. The van der Waals surface area contributed by atoms with Crippen LogP contribution in [0.4, 0.5) is 16.2 Å². The van der Waals surface area contributed by atoms with Gasteiger partial charge in [0.25, 0.3) is 0 Å². The van der Waals surface area contributed by atoms with E-state index in [9.17, 15) is 9.59 Å². The van der Waals surface area contributed by atoms with Crippen LogP contribution in [-0.2, 0) is 9.53 Å². The van der Waals surface area contributed by atoms with Crippen LogP contribution in [0.3, 0.4) is 0 Å². The van der Waals surface area contributed by atoms with Crippen LogP contribution in [0.15, 0.2) is 24.3 Å². The molecule has 1 atom stereocenters. The molecule has 0 unspecified atom stereocenters. The number of hydrogen-bond acceptors (Lipinski definition) is 4. The predicted molar refractivity (Wildman–Crippen MR) is 86.0 cm³/mol. The Hall–Kier alpha value is -2.08. The van der Waals surface area contributed by atoms with E-state index in [4.69, 9.17) is 10.5 Å². The van der Waals surface area contributed by atoms with Crippen molar-refractivity contribution in [2.24, 2.45) is 5.73 Å². The van der Waals surface area contributed by atoms with Crippen LogP contribution in [-0.4, -0.2) is 37.7 Å². The van der Waals surface area contributed by atoms with Gasteiger partial charge in [-0.1, -0.05) is 13.8 Å². The van der Waals surface area contributed by atoms with Gasteiger partial charge in [0.2, 0.25) is 5.91 Å². The molecule has 120 valence electrons. The Morgan fingerprint density at radius 2 is 2.05 bits per heavy atom. The van der Waals surface area contributed by atoms with E-state index in [1.54, 1.807) is 9.80 Å². The molecule has 0 aromatic heterocycles. The van der Waals surface area contributed by atoms with E-state index in [0.29, 0.717) is 26.1 Å². The second-order valence-corrected chi connectivity index (χ2v) is 5.27. The van der Waals surface area contributed by atoms with Gasteiger partial charge < -0.3 is 15.4 Å². The van der Waals surface area contributed by atoms with E-state index >= 15 is 0 Å². The average Bonchev–Trinajstić information content (AvgIpc) is 2.93. The van der Waals surface area contributed by atoms with Crippen molar-refractivity contribution in [3.8, 4) is 0 Å². The van der Waals surface area contributed by atoms with Crippen LogP contribution in [0, 0.1) is 0 Å². The molecule has 1 aliphatic rings. The summed E-state index contributed by atoms with van der Waals surface area (Å²) in [6.45, 7) is 5.36. The number of nitrogens with zero attached hydrogens (tertiary/aromatic N) is 2. The summed E-state index contributed by atoms with van der Waals surface area (Å²) in [5.41, 5.74) is 7.14. The maximum Gasteiger partial charge on any atom is 0.414 e. The molecule has 0 aliphatic carbocycles. The lowest BCUT2D eigenvalue weighted by Gasteiger charge is -2.22. The molecule has 6 nitrogen and oxygen atoms in total. The number of nitrogens with two attached hydrogens (primary N) is 1. The van der Waals surface area contributed by atoms with Gasteiger partial charge in [-0.3, -0.25) is 9.69 Å². The Kier molecular flexibility index (Phi) is 5.38. The lowest BCUT2D eigenvalue weighted by atomic mass is 10.2. The summed E-state index contributed by atoms with van der Waals surface area (Å²) in [5.74, 6) is 0.0957. The monoisotopic (exact) mass is 305 g/mol. The van der Waals surface area contributed by atoms with Gasteiger partial charge in [0, 0.05) is 30.9 Å². The first-order valence-electron chi connectivity index (χ1n) is 7.69. The van der Waals surface area contributed by atoms with Crippen molar-refractivity contribution in [3.05, 3.63) is 24.3 Å². The highest BCUT2D eigenvalue weighted by atomic mass is 16.6. The van der Waals surface area contributed by atoms with Crippen LogP contribution in [0.5, 0.6) is 0 Å². The SMILES string of the molecule is CCCN(C(=O)CC)c1ccc(N2C[C@H](CN)OC2=O)cc1. The summed E-state index contributed by atoms with van der Waals surface area (Å²) in [7, 11) is 0. The quantitative estimate of drug-likeness (QED) is 0.873. The summed E-state index contributed by atoms with van der Waals surface area (Å²) < 4.78 is 5.15. The van der Waals surface area contributed by atoms with Gasteiger partial charge in [0.1, 0.15) is 6.10 Å². The highest BCUT2D eigenvalue weighted by molar-refractivity contribution is 5.94. The molecule has 0 bridgehead atoms. The number of carbonyl (C=O) groups is 2. The minimum atomic E-state index is -0.377. The van der Waals surface area contributed by atoms with Gasteiger partial charge in [0.05, 0.1) is 6.54 Å². The van der Waals surface area contributed by atoms with Crippen LogP contribution < -0.4 is 15.5 Å². The molecule has 2 N–H and O–H groups in total. The molecule has 1 fully saturated rings. The maximum absolute atomic E-state index is 12.0. The zero-order chi connectivity index (χ0) is 16.1. The molecular formula is C16H23N3O3. The zero-order valence-electron chi connectivity index (χ0n) is 13.1. The van der Waals surface area contributed by atoms with E-state index in [1.165, 1.54) is 0 Å². The number of amides is 2. The van der Waals surface area contributed by atoms with E-state index in [2.05, 4.69) is 0 Å². The second-order valence-electron chi connectivity index (χ2n) is 5.27. The molecular weight excluding hydrogens is 282 g/mol. The van der Waals surface area contributed by atoms with Crippen LogP contribution in [0.25, 0.3) is 0 Å². The number of anilines is 2. The third kappa shape index (κ3) is 3.39. The maximum atomic E-state index is 12.0. The van der Waals surface area contributed by atoms with Crippen molar-refractivity contribution in [2.45, 2.75) is 32.8 Å². The van der Waals surface area contributed by atoms with Crippen molar-refractivity contribution < 1.29 is 14.3 Å². The Bertz CT molecular complexity index is 530. The fraction of sp³-hybridized carbons (Fsp3) is 0.500. The molecule has 2 amide bonds. The average molecular weight is 305 g/mol. The fourth-order valence-electron chi connectivity index (χ4n) is 2.48. The van der Waals surface area contributed by atoms with Crippen molar-refractivity contribution in [3.63, 3.8) is 0 Å². The number of ether oxygens (including phenoxy) is 1. The Morgan fingerprint density at radius 3 is 2.55 bits per heavy atom.